The number of carbonyl (C=O) groups is 2. The topological polar surface area (TPSA) is 55.8 Å². The van der Waals surface area contributed by atoms with Crippen molar-refractivity contribution in [2.75, 3.05) is 20.8 Å². The Hall–Kier alpha value is -2.04. The molecule has 1 amide bonds. The van der Waals surface area contributed by atoms with E-state index in [2.05, 4.69) is 4.74 Å². The first-order valence-electron chi connectivity index (χ1n) is 5.20. The highest BCUT2D eigenvalue weighted by atomic mass is 16.5. The van der Waals surface area contributed by atoms with E-state index >= 15 is 0 Å². The van der Waals surface area contributed by atoms with Gasteiger partial charge >= 0.3 is 5.97 Å². The van der Waals surface area contributed by atoms with Crippen LogP contribution < -0.4 is 4.74 Å². The molecule has 0 fully saturated rings. The maximum atomic E-state index is 11.5. The van der Waals surface area contributed by atoms with Crippen molar-refractivity contribution in [3.63, 3.8) is 0 Å². The average molecular weight is 235 g/mol. The molecule has 0 spiro atoms. The van der Waals surface area contributed by atoms with Crippen LogP contribution in [0.2, 0.25) is 0 Å². The number of hydrogen-bond acceptors (Lipinski definition) is 4. The van der Waals surface area contributed by atoms with Gasteiger partial charge < -0.3 is 14.4 Å². The second-order valence-electron chi connectivity index (χ2n) is 3.85. The number of hydrogen-bond donors (Lipinski definition) is 0. The van der Waals surface area contributed by atoms with Crippen LogP contribution in [0.1, 0.15) is 15.9 Å². The summed E-state index contributed by atoms with van der Waals surface area (Å²) in [5, 5.41) is 0. The van der Waals surface area contributed by atoms with Crippen LogP contribution in [-0.2, 0) is 16.1 Å². The van der Waals surface area contributed by atoms with Crippen LogP contribution in [0.3, 0.4) is 0 Å². The van der Waals surface area contributed by atoms with E-state index in [-0.39, 0.29) is 12.5 Å². The van der Waals surface area contributed by atoms with Crippen molar-refractivity contribution in [2.24, 2.45) is 0 Å². The molecular weight excluding hydrogens is 222 g/mol. The third-order valence-electron chi connectivity index (χ3n) is 2.67. The minimum atomic E-state index is -0.397. The zero-order valence-corrected chi connectivity index (χ0v) is 9.73. The Balaban J connectivity index is 2.35. The summed E-state index contributed by atoms with van der Waals surface area (Å²) in [6.45, 7) is 0.458. The molecule has 1 aliphatic heterocycles. The molecule has 1 aliphatic rings. The van der Waals surface area contributed by atoms with Crippen molar-refractivity contribution < 1.29 is 19.1 Å². The first kappa shape index (κ1) is 11.4. The predicted molar refractivity (Wildman–Crippen MR) is 59.8 cm³/mol. The molecule has 0 atom stereocenters. The first-order valence-corrected chi connectivity index (χ1v) is 5.20. The van der Waals surface area contributed by atoms with Crippen LogP contribution in [0.5, 0.6) is 5.75 Å². The third-order valence-corrected chi connectivity index (χ3v) is 2.67. The molecule has 0 saturated heterocycles. The van der Waals surface area contributed by atoms with Gasteiger partial charge in [-0.05, 0) is 18.2 Å². The molecule has 0 saturated carbocycles. The summed E-state index contributed by atoms with van der Waals surface area (Å²) in [5.74, 6) is 0.155. The summed E-state index contributed by atoms with van der Waals surface area (Å²) in [6, 6.07) is 5.00. The number of rotatable bonds is 1. The zero-order valence-electron chi connectivity index (χ0n) is 9.73. The monoisotopic (exact) mass is 235 g/mol. The van der Waals surface area contributed by atoms with Crippen molar-refractivity contribution in [2.45, 2.75) is 6.54 Å². The molecule has 0 aliphatic carbocycles. The van der Waals surface area contributed by atoms with E-state index in [0.717, 1.165) is 5.56 Å². The van der Waals surface area contributed by atoms with Gasteiger partial charge in [0.2, 0.25) is 0 Å². The maximum Gasteiger partial charge on any atom is 0.337 e. The van der Waals surface area contributed by atoms with Gasteiger partial charge in [-0.1, -0.05) is 0 Å². The van der Waals surface area contributed by atoms with Crippen molar-refractivity contribution in [1.82, 2.24) is 4.90 Å². The van der Waals surface area contributed by atoms with Gasteiger partial charge in [-0.2, -0.15) is 0 Å². The SMILES string of the molecule is COC(=O)c1ccc2c(c1)CN(C)C(=O)CO2. The van der Waals surface area contributed by atoms with Gasteiger partial charge in [-0.15, -0.1) is 0 Å². The van der Waals surface area contributed by atoms with Gasteiger partial charge in [0.25, 0.3) is 5.91 Å². The number of methoxy groups -OCH3 is 1. The summed E-state index contributed by atoms with van der Waals surface area (Å²) in [5.41, 5.74) is 1.26. The summed E-state index contributed by atoms with van der Waals surface area (Å²) in [6.07, 6.45) is 0. The normalized spacial score (nSPS) is 14.7. The summed E-state index contributed by atoms with van der Waals surface area (Å²) < 4.78 is 10.0. The zero-order chi connectivity index (χ0) is 12.4. The second kappa shape index (κ2) is 4.45. The van der Waals surface area contributed by atoms with E-state index in [4.69, 9.17) is 4.74 Å². The molecule has 90 valence electrons. The Morgan fingerprint density at radius 2 is 2.24 bits per heavy atom. The van der Waals surface area contributed by atoms with Crippen molar-refractivity contribution in [1.29, 1.82) is 0 Å². The van der Waals surface area contributed by atoms with Crippen LogP contribution in [-0.4, -0.2) is 37.5 Å². The van der Waals surface area contributed by atoms with E-state index < -0.39 is 5.97 Å². The average Bonchev–Trinajstić information content (AvgIpc) is 2.48. The maximum absolute atomic E-state index is 11.5. The van der Waals surface area contributed by atoms with Crippen LogP contribution in [0.4, 0.5) is 0 Å². The highest BCUT2D eigenvalue weighted by Gasteiger charge is 2.19. The number of esters is 1. The van der Waals surface area contributed by atoms with Crippen molar-refractivity contribution >= 4 is 11.9 Å². The van der Waals surface area contributed by atoms with E-state index in [0.29, 0.717) is 17.9 Å². The molecule has 17 heavy (non-hydrogen) atoms. The quantitative estimate of drug-likeness (QED) is 0.676. The van der Waals surface area contributed by atoms with Gasteiger partial charge in [-0.25, -0.2) is 4.79 Å². The molecular formula is C12H13NO4. The first-order chi connectivity index (χ1) is 8.11. The van der Waals surface area contributed by atoms with Crippen molar-refractivity contribution in [3.05, 3.63) is 29.3 Å². The fourth-order valence-electron chi connectivity index (χ4n) is 1.68. The molecule has 0 aromatic heterocycles. The fourth-order valence-corrected chi connectivity index (χ4v) is 1.68. The van der Waals surface area contributed by atoms with Gasteiger partial charge in [0, 0.05) is 19.2 Å². The smallest absolute Gasteiger partial charge is 0.337 e. The van der Waals surface area contributed by atoms with Gasteiger partial charge in [0.15, 0.2) is 6.61 Å². The van der Waals surface area contributed by atoms with Gasteiger partial charge in [0.05, 0.1) is 12.7 Å². The molecule has 0 N–H and O–H groups in total. The van der Waals surface area contributed by atoms with Crippen LogP contribution >= 0.6 is 0 Å². The summed E-state index contributed by atoms with van der Waals surface area (Å²) in [7, 11) is 3.03. The van der Waals surface area contributed by atoms with Crippen LogP contribution in [0.25, 0.3) is 0 Å². The Morgan fingerprint density at radius 1 is 1.47 bits per heavy atom. The Bertz CT molecular complexity index is 470. The number of carbonyl (C=O) groups excluding carboxylic acids is 2. The molecule has 1 aromatic carbocycles. The summed E-state index contributed by atoms with van der Waals surface area (Å²) >= 11 is 0. The summed E-state index contributed by atoms with van der Waals surface area (Å²) in [4.78, 5) is 24.4. The lowest BCUT2D eigenvalue weighted by Crippen LogP contribution is -2.28. The predicted octanol–water partition coefficient (Wildman–Crippen LogP) is 0.824. The van der Waals surface area contributed by atoms with Gasteiger partial charge in [0.1, 0.15) is 5.75 Å². The number of nitrogens with zero attached hydrogens (tertiary/aromatic N) is 1. The molecule has 5 nitrogen and oxygen atoms in total. The third kappa shape index (κ3) is 2.22. The molecule has 5 heteroatoms. The number of likely N-dealkylation sites (N-methyl/N-ethyl adjacent to an activating group) is 1. The largest absolute Gasteiger partial charge is 0.483 e. The molecule has 0 radical (unpaired) electrons. The fraction of sp³-hybridized carbons (Fsp3) is 0.333. The van der Waals surface area contributed by atoms with Gasteiger partial charge in [-0.3, -0.25) is 4.79 Å². The van der Waals surface area contributed by atoms with E-state index in [9.17, 15) is 9.59 Å². The molecule has 0 bridgehead atoms. The molecule has 0 unspecified atom stereocenters. The number of fused-ring (bicyclic) bond motifs is 1. The van der Waals surface area contributed by atoms with Crippen LogP contribution in [0, 0.1) is 0 Å². The van der Waals surface area contributed by atoms with E-state index in [1.165, 1.54) is 7.11 Å². The molecule has 2 rings (SSSR count). The standard InChI is InChI=1S/C12H13NO4/c1-13-6-9-5-8(12(15)16-2)3-4-10(9)17-7-11(13)14/h3-5H,6-7H2,1-2H3. The minimum absolute atomic E-state index is 0.0288. The Labute approximate surface area is 98.9 Å². The highest BCUT2D eigenvalue weighted by molar-refractivity contribution is 5.90. The molecule has 1 aromatic rings. The van der Waals surface area contributed by atoms with E-state index in [1.54, 1.807) is 30.1 Å². The lowest BCUT2D eigenvalue weighted by Gasteiger charge is -2.12. The number of amides is 1. The number of ether oxygens (including phenoxy) is 2. The second-order valence-corrected chi connectivity index (χ2v) is 3.85. The molecule has 1 heterocycles. The van der Waals surface area contributed by atoms with E-state index in [1.807, 2.05) is 0 Å². The van der Waals surface area contributed by atoms with Crippen LogP contribution in [0.15, 0.2) is 18.2 Å². The highest BCUT2D eigenvalue weighted by Crippen LogP contribution is 2.24. The van der Waals surface area contributed by atoms with Crippen molar-refractivity contribution in [3.8, 4) is 5.75 Å². The lowest BCUT2D eigenvalue weighted by atomic mass is 10.1. The Morgan fingerprint density at radius 3 is 2.94 bits per heavy atom. The lowest BCUT2D eigenvalue weighted by molar-refractivity contribution is -0.131. The Kier molecular flexibility index (Phi) is 2.99. The number of benzene rings is 1. The minimum Gasteiger partial charge on any atom is -0.483 e.